The van der Waals surface area contributed by atoms with E-state index in [9.17, 15) is 4.39 Å². The second kappa shape index (κ2) is 4.58. The smallest absolute Gasteiger partial charge is 0.123 e. The zero-order valence-corrected chi connectivity index (χ0v) is 9.50. The third kappa shape index (κ3) is 2.55. The van der Waals surface area contributed by atoms with Crippen LogP contribution in [0.5, 0.6) is 0 Å². The first-order valence-corrected chi connectivity index (χ1v) is 5.24. The van der Waals surface area contributed by atoms with Crippen molar-refractivity contribution in [3.63, 3.8) is 0 Å². The van der Waals surface area contributed by atoms with Crippen molar-refractivity contribution in [2.45, 2.75) is 13.3 Å². The fraction of sp³-hybridized carbons (Fsp3) is 0.167. The summed E-state index contributed by atoms with van der Waals surface area (Å²) in [6, 6.07) is 4.31. The molecular weight excluding hydrogens is 227 g/mol. The molecule has 2 nitrogen and oxygen atoms in total. The van der Waals surface area contributed by atoms with Crippen LogP contribution in [0, 0.1) is 12.7 Å². The molecule has 0 bridgehead atoms. The highest BCUT2D eigenvalue weighted by Crippen LogP contribution is 2.19. The van der Waals surface area contributed by atoms with Crippen molar-refractivity contribution in [1.82, 2.24) is 9.97 Å². The average molecular weight is 237 g/mol. The van der Waals surface area contributed by atoms with Crippen LogP contribution in [0.3, 0.4) is 0 Å². The maximum Gasteiger partial charge on any atom is 0.123 e. The SMILES string of the molecule is Cc1cnc(Cc2cc(F)ccc2Cl)cn1. The molecule has 4 heteroatoms. The van der Waals surface area contributed by atoms with Crippen LogP contribution in [0.15, 0.2) is 30.6 Å². The summed E-state index contributed by atoms with van der Waals surface area (Å²) in [5.41, 5.74) is 2.35. The molecule has 0 aliphatic rings. The summed E-state index contributed by atoms with van der Waals surface area (Å²) in [6.45, 7) is 1.87. The Kier molecular flexibility index (Phi) is 3.15. The Balaban J connectivity index is 2.26. The predicted molar refractivity (Wildman–Crippen MR) is 61.0 cm³/mol. The van der Waals surface area contributed by atoms with Crippen molar-refractivity contribution in [3.8, 4) is 0 Å². The molecule has 82 valence electrons. The fourth-order valence-corrected chi connectivity index (χ4v) is 1.57. The van der Waals surface area contributed by atoms with Crippen LogP contribution >= 0.6 is 11.6 Å². The van der Waals surface area contributed by atoms with E-state index >= 15 is 0 Å². The van der Waals surface area contributed by atoms with Gasteiger partial charge in [-0.2, -0.15) is 0 Å². The summed E-state index contributed by atoms with van der Waals surface area (Å²) < 4.78 is 13.0. The van der Waals surface area contributed by atoms with E-state index in [1.54, 1.807) is 18.5 Å². The second-order valence-electron chi connectivity index (χ2n) is 3.56. The fourth-order valence-electron chi connectivity index (χ4n) is 1.38. The number of nitrogens with zero attached hydrogens (tertiary/aromatic N) is 2. The van der Waals surface area contributed by atoms with Gasteiger partial charge in [0.15, 0.2) is 0 Å². The molecule has 0 saturated heterocycles. The molecule has 1 aromatic carbocycles. The van der Waals surface area contributed by atoms with Gasteiger partial charge in [0.05, 0.1) is 11.4 Å². The normalized spacial score (nSPS) is 10.4. The molecule has 1 heterocycles. The van der Waals surface area contributed by atoms with Crippen LogP contribution in [0.2, 0.25) is 5.02 Å². The molecule has 1 aromatic heterocycles. The van der Waals surface area contributed by atoms with Gasteiger partial charge in [-0.3, -0.25) is 9.97 Å². The molecule has 2 aromatic rings. The quantitative estimate of drug-likeness (QED) is 0.801. The van der Waals surface area contributed by atoms with Gasteiger partial charge in [0.25, 0.3) is 0 Å². The summed E-state index contributed by atoms with van der Waals surface area (Å²) in [4.78, 5) is 8.33. The molecule has 0 fully saturated rings. The minimum Gasteiger partial charge on any atom is -0.258 e. The molecule has 0 N–H and O–H groups in total. The molecule has 2 rings (SSSR count). The molecule has 0 radical (unpaired) electrons. The zero-order valence-electron chi connectivity index (χ0n) is 8.74. The van der Waals surface area contributed by atoms with E-state index in [1.165, 1.54) is 12.1 Å². The second-order valence-corrected chi connectivity index (χ2v) is 3.97. The molecule has 0 aliphatic carbocycles. The van der Waals surface area contributed by atoms with E-state index in [0.717, 1.165) is 17.0 Å². The summed E-state index contributed by atoms with van der Waals surface area (Å²) in [7, 11) is 0. The van der Waals surface area contributed by atoms with E-state index < -0.39 is 0 Å². The van der Waals surface area contributed by atoms with Gasteiger partial charge >= 0.3 is 0 Å². The van der Waals surface area contributed by atoms with Gasteiger partial charge in [-0.05, 0) is 30.7 Å². The molecule has 0 aliphatic heterocycles. The Morgan fingerprint density at radius 1 is 1.25 bits per heavy atom. The van der Waals surface area contributed by atoms with Gasteiger partial charge in [0.2, 0.25) is 0 Å². The Morgan fingerprint density at radius 3 is 2.75 bits per heavy atom. The van der Waals surface area contributed by atoms with Crippen LogP contribution in [-0.4, -0.2) is 9.97 Å². The van der Waals surface area contributed by atoms with Crippen LogP contribution in [0.1, 0.15) is 17.0 Å². The van der Waals surface area contributed by atoms with Crippen LogP contribution in [0.4, 0.5) is 4.39 Å². The van der Waals surface area contributed by atoms with Gasteiger partial charge in [-0.15, -0.1) is 0 Å². The Labute approximate surface area is 98.1 Å². The molecule has 0 atom stereocenters. The van der Waals surface area contributed by atoms with Crippen molar-refractivity contribution < 1.29 is 4.39 Å². The van der Waals surface area contributed by atoms with Crippen molar-refractivity contribution in [2.75, 3.05) is 0 Å². The molecule has 0 unspecified atom stereocenters. The highest BCUT2D eigenvalue weighted by Gasteiger charge is 2.04. The largest absolute Gasteiger partial charge is 0.258 e. The van der Waals surface area contributed by atoms with E-state index in [2.05, 4.69) is 9.97 Å². The lowest BCUT2D eigenvalue weighted by Crippen LogP contribution is -1.96. The van der Waals surface area contributed by atoms with Crippen LogP contribution < -0.4 is 0 Å². The number of benzene rings is 1. The van der Waals surface area contributed by atoms with E-state index in [1.807, 2.05) is 6.92 Å². The number of halogens is 2. The topological polar surface area (TPSA) is 25.8 Å². The minimum absolute atomic E-state index is 0.292. The minimum atomic E-state index is -0.292. The Hall–Kier alpha value is -1.48. The molecule has 0 saturated carbocycles. The van der Waals surface area contributed by atoms with E-state index in [0.29, 0.717) is 11.4 Å². The number of aromatic nitrogens is 2. The van der Waals surface area contributed by atoms with Crippen molar-refractivity contribution in [3.05, 3.63) is 58.4 Å². The maximum atomic E-state index is 13.0. The standard InChI is InChI=1S/C12H10ClFN2/c1-8-6-16-11(7-15-8)5-9-4-10(14)2-3-12(9)13/h2-4,6-7H,5H2,1H3. The maximum absolute atomic E-state index is 13.0. The number of aryl methyl sites for hydroxylation is 1. The third-order valence-electron chi connectivity index (χ3n) is 2.21. The van der Waals surface area contributed by atoms with Gasteiger partial charge < -0.3 is 0 Å². The Bertz CT molecular complexity index is 497. The number of hydrogen-bond acceptors (Lipinski definition) is 2. The van der Waals surface area contributed by atoms with Crippen molar-refractivity contribution in [2.24, 2.45) is 0 Å². The average Bonchev–Trinajstić information content (AvgIpc) is 2.27. The van der Waals surface area contributed by atoms with Gasteiger partial charge in [0.1, 0.15) is 5.82 Å². The molecule has 0 spiro atoms. The first-order valence-electron chi connectivity index (χ1n) is 4.86. The summed E-state index contributed by atoms with van der Waals surface area (Å²) in [6.07, 6.45) is 3.85. The lowest BCUT2D eigenvalue weighted by atomic mass is 10.1. The lowest BCUT2D eigenvalue weighted by Gasteiger charge is -2.04. The zero-order chi connectivity index (χ0) is 11.5. The van der Waals surface area contributed by atoms with E-state index in [-0.39, 0.29) is 5.82 Å². The van der Waals surface area contributed by atoms with Gasteiger partial charge in [-0.1, -0.05) is 11.6 Å². The van der Waals surface area contributed by atoms with Gasteiger partial charge in [-0.25, -0.2) is 4.39 Å². The molecule has 16 heavy (non-hydrogen) atoms. The van der Waals surface area contributed by atoms with Crippen LogP contribution in [0.25, 0.3) is 0 Å². The molecular formula is C12H10ClFN2. The van der Waals surface area contributed by atoms with Crippen molar-refractivity contribution in [1.29, 1.82) is 0 Å². The Morgan fingerprint density at radius 2 is 2.06 bits per heavy atom. The van der Waals surface area contributed by atoms with Crippen LogP contribution in [-0.2, 0) is 6.42 Å². The number of rotatable bonds is 2. The highest BCUT2D eigenvalue weighted by molar-refractivity contribution is 6.31. The summed E-state index contributed by atoms with van der Waals surface area (Å²) >= 11 is 5.96. The first kappa shape index (κ1) is 11.0. The van der Waals surface area contributed by atoms with E-state index in [4.69, 9.17) is 11.6 Å². The van der Waals surface area contributed by atoms with Crippen molar-refractivity contribution >= 4 is 11.6 Å². The third-order valence-corrected chi connectivity index (χ3v) is 2.58. The predicted octanol–water partition coefficient (Wildman–Crippen LogP) is 3.17. The number of hydrogen-bond donors (Lipinski definition) is 0. The lowest BCUT2D eigenvalue weighted by molar-refractivity contribution is 0.626. The summed E-state index contributed by atoms with van der Waals surface area (Å²) in [5.74, 6) is -0.292. The van der Waals surface area contributed by atoms with Gasteiger partial charge in [0, 0.05) is 23.8 Å². The first-order chi connectivity index (χ1) is 7.65. The molecule has 0 amide bonds. The summed E-state index contributed by atoms with van der Waals surface area (Å²) in [5, 5.41) is 0.545. The highest BCUT2D eigenvalue weighted by atomic mass is 35.5. The monoisotopic (exact) mass is 236 g/mol.